The molecule has 9 heteroatoms. The number of sulfone groups is 1. The zero-order chi connectivity index (χ0) is 18.4. The number of oxazole rings is 1. The van der Waals surface area contributed by atoms with Crippen molar-refractivity contribution < 1.29 is 12.8 Å². The van der Waals surface area contributed by atoms with Crippen LogP contribution in [0.15, 0.2) is 46.0 Å². The third-order valence-corrected chi connectivity index (χ3v) is 6.04. The lowest BCUT2D eigenvalue weighted by atomic mass is 10.1. The van der Waals surface area contributed by atoms with Crippen LogP contribution in [0.2, 0.25) is 0 Å². The van der Waals surface area contributed by atoms with Gasteiger partial charge in [-0.25, -0.2) is 18.4 Å². The van der Waals surface area contributed by atoms with Gasteiger partial charge < -0.3 is 15.1 Å². The number of nitrogens with zero attached hydrogens (tertiary/aromatic N) is 2. The number of guanidine groups is 1. The summed E-state index contributed by atoms with van der Waals surface area (Å²) in [5, 5.41) is 6.39. The number of rotatable bonds is 6. The van der Waals surface area contributed by atoms with Gasteiger partial charge in [0.2, 0.25) is 5.89 Å². The molecule has 27 heavy (non-hydrogen) atoms. The predicted octanol–water partition coefficient (Wildman–Crippen LogP) is 2.45. The summed E-state index contributed by atoms with van der Waals surface area (Å²) in [7, 11) is -2.86. The molecule has 1 fully saturated rings. The highest BCUT2D eigenvalue weighted by molar-refractivity contribution is 14.0. The number of hydrogen-bond donors (Lipinski definition) is 2. The van der Waals surface area contributed by atoms with Crippen molar-refractivity contribution in [3.63, 3.8) is 0 Å². The molecule has 0 bridgehead atoms. The lowest BCUT2D eigenvalue weighted by molar-refractivity contribution is 0.566. The molecule has 1 unspecified atom stereocenters. The van der Waals surface area contributed by atoms with Crippen molar-refractivity contribution in [2.75, 3.05) is 24.6 Å². The molecule has 0 aliphatic carbocycles. The molecule has 1 aromatic heterocycles. The predicted molar refractivity (Wildman–Crippen MR) is 117 cm³/mol. The van der Waals surface area contributed by atoms with Gasteiger partial charge in [-0.2, -0.15) is 0 Å². The first-order valence-corrected chi connectivity index (χ1v) is 10.6. The number of halogens is 1. The molecule has 2 aromatic rings. The highest BCUT2D eigenvalue weighted by Crippen LogP contribution is 2.18. The first-order valence-electron chi connectivity index (χ1n) is 8.78. The Morgan fingerprint density at radius 1 is 1.30 bits per heavy atom. The van der Waals surface area contributed by atoms with Crippen LogP contribution in [-0.2, 0) is 16.4 Å². The lowest BCUT2D eigenvalue weighted by Crippen LogP contribution is -2.40. The van der Waals surface area contributed by atoms with Gasteiger partial charge in [0.1, 0.15) is 12.0 Å². The minimum Gasteiger partial charge on any atom is -0.444 e. The van der Waals surface area contributed by atoms with Gasteiger partial charge in [0.15, 0.2) is 15.8 Å². The van der Waals surface area contributed by atoms with Crippen LogP contribution >= 0.6 is 24.0 Å². The summed E-state index contributed by atoms with van der Waals surface area (Å²) in [6.07, 6.45) is 2.32. The average molecular weight is 504 g/mol. The quantitative estimate of drug-likeness (QED) is 0.357. The molecule has 1 saturated heterocycles. The van der Waals surface area contributed by atoms with Gasteiger partial charge in [-0.15, -0.1) is 24.0 Å². The van der Waals surface area contributed by atoms with E-state index in [0.29, 0.717) is 31.4 Å². The Morgan fingerprint density at radius 3 is 2.74 bits per heavy atom. The normalized spacial score (nSPS) is 18.7. The second-order valence-electron chi connectivity index (χ2n) is 6.36. The monoisotopic (exact) mass is 504 g/mol. The van der Waals surface area contributed by atoms with E-state index in [1.165, 1.54) is 0 Å². The largest absolute Gasteiger partial charge is 0.444 e. The number of hydrogen-bond acceptors (Lipinski definition) is 5. The fraction of sp³-hybridized carbons (Fsp3) is 0.444. The minimum absolute atomic E-state index is 0. The van der Waals surface area contributed by atoms with Gasteiger partial charge in [-0.1, -0.05) is 18.2 Å². The summed E-state index contributed by atoms with van der Waals surface area (Å²) < 4.78 is 28.6. The third-order valence-electron chi connectivity index (χ3n) is 4.20. The second kappa shape index (κ2) is 10.1. The van der Waals surface area contributed by atoms with Crippen LogP contribution in [0.3, 0.4) is 0 Å². The maximum absolute atomic E-state index is 11.5. The minimum atomic E-state index is -2.86. The first kappa shape index (κ1) is 21.7. The molecule has 0 radical (unpaired) electrons. The smallest absolute Gasteiger partial charge is 0.226 e. The van der Waals surface area contributed by atoms with E-state index < -0.39 is 9.84 Å². The Labute approximate surface area is 177 Å². The summed E-state index contributed by atoms with van der Waals surface area (Å²) in [6, 6.07) is 9.71. The molecule has 2 heterocycles. The van der Waals surface area contributed by atoms with E-state index in [2.05, 4.69) is 20.6 Å². The Hall–Kier alpha value is -1.62. The van der Waals surface area contributed by atoms with E-state index in [9.17, 15) is 8.42 Å². The van der Waals surface area contributed by atoms with Gasteiger partial charge in [0.25, 0.3) is 0 Å². The number of benzene rings is 1. The molecule has 7 nitrogen and oxygen atoms in total. The SMILES string of the molecule is CCNC(=NCc1coc(-c2ccccc2)n1)NCC1CCS(=O)(=O)C1.I. The van der Waals surface area contributed by atoms with Gasteiger partial charge >= 0.3 is 0 Å². The molecule has 1 aliphatic rings. The van der Waals surface area contributed by atoms with E-state index in [1.807, 2.05) is 37.3 Å². The summed E-state index contributed by atoms with van der Waals surface area (Å²) in [6.45, 7) is 3.69. The van der Waals surface area contributed by atoms with Gasteiger partial charge in [-0.3, -0.25) is 0 Å². The molecule has 2 N–H and O–H groups in total. The third kappa shape index (κ3) is 6.49. The van der Waals surface area contributed by atoms with Gasteiger partial charge in [0.05, 0.1) is 18.1 Å². The summed E-state index contributed by atoms with van der Waals surface area (Å²) >= 11 is 0. The highest BCUT2D eigenvalue weighted by atomic mass is 127. The van der Waals surface area contributed by atoms with Gasteiger partial charge in [0, 0.05) is 18.7 Å². The molecule has 0 amide bonds. The Morgan fingerprint density at radius 2 is 2.07 bits per heavy atom. The van der Waals surface area contributed by atoms with Crippen LogP contribution in [0.25, 0.3) is 11.5 Å². The molecule has 0 spiro atoms. The van der Waals surface area contributed by atoms with Crippen molar-refractivity contribution in [2.45, 2.75) is 19.9 Å². The Bertz CT molecular complexity index is 853. The van der Waals surface area contributed by atoms with E-state index in [1.54, 1.807) is 6.26 Å². The second-order valence-corrected chi connectivity index (χ2v) is 8.58. The molecule has 0 saturated carbocycles. The molecular weight excluding hydrogens is 479 g/mol. The van der Waals surface area contributed by atoms with Crippen molar-refractivity contribution in [2.24, 2.45) is 10.9 Å². The van der Waals surface area contributed by atoms with E-state index in [0.717, 1.165) is 17.8 Å². The maximum Gasteiger partial charge on any atom is 0.226 e. The molecule has 3 rings (SSSR count). The van der Waals surface area contributed by atoms with Crippen molar-refractivity contribution in [3.8, 4) is 11.5 Å². The van der Waals surface area contributed by atoms with E-state index in [4.69, 9.17) is 4.42 Å². The van der Waals surface area contributed by atoms with Crippen LogP contribution in [0, 0.1) is 5.92 Å². The van der Waals surface area contributed by atoms with Crippen molar-refractivity contribution in [1.82, 2.24) is 15.6 Å². The number of nitrogens with one attached hydrogen (secondary N) is 2. The van der Waals surface area contributed by atoms with E-state index >= 15 is 0 Å². The fourth-order valence-electron chi connectivity index (χ4n) is 2.87. The lowest BCUT2D eigenvalue weighted by Gasteiger charge is -2.13. The zero-order valence-corrected chi connectivity index (χ0v) is 18.4. The summed E-state index contributed by atoms with van der Waals surface area (Å²) in [5.74, 6) is 1.91. The van der Waals surface area contributed by atoms with Crippen molar-refractivity contribution in [3.05, 3.63) is 42.3 Å². The molecular formula is C18H25IN4O3S. The summed E-state index contributed by atoms with van der Waals surface area (Å²) in [5.41, 5.74) is 1.67. The molecule has 1 aliphatic heterocycles. The first-order chi connectivity index (χ1) is 12.6. The fourth-order valence-corrected chi connectivity index (χ4v) is 4.73. The Kier molecular flexibility index (Phi) is 8.08. The zero-order valence-electron chi connectivity index (χ0n) is 15.2. The van der Waals surface area contributed by atoms with Crippen LogP contribution in [0.5, 0.6) is 0 Å². The highest BCUT2D eigenvalue weighted by Gasteiger charge is 2.27. The maximum atomic E-state index is 11.5. The van der Waals surface area contributed by atoms with Crippen molar-refractivity contribution >= 4 is 39.8 Å². The summed E-state index contributed by atoms with van der Waals surface area (Å²) in [4.78, 5) is 8.97. The topological polar surface area (TPSA) is 96.6 Å². The molecule has 1 aromatic carbocycles. The average Bonchev–Trinajstić information content (AvgIpc) is 3.24. The van der Waals surface area contributed by atoms with Crippen LogP contribution in [0.4, 0.5) is 0 Å². The number of aliphatic imine (C=N–C) groups is 1. The van der Waals surface area contributed by atoms with Crippen LogP contribution < -0.4 is 10.6 Å². The van der Waals surface area contributed by atoms with Crippen LogP contribution in [-0.4, -0.2) is 44.0 Å². The standard InChI is InChI=1S/C18H24N4O3S.HI/c1-2-19-18(20-10-14-8-9-26(23,24)13-14)21-11-16-12-25-17(22-16)15-6-4-3-5-7-15;/h3-7,12,14H,2,8-11,13H2,1H3,(H2,19,20,21);1H. The Balaban J connectivity index is 0.00000261. The number of aromatic nitrogens is 1. The van der Waals surface area contributed by atoms with Crippen molar-refractivity contribution in [1.29, 1.82) is 0 Å². The van der Waals surface area contributed by atoms with E-state index in [-0.39, 0.29) is 41.4 Å². The molecule has 148 valence electrons. The van der Waals surface area contributed by atoms with Crippen LogP contribution in [0.1, 0.15) is 19.0 Å². The molecule has 1 atom stereocenters. The van der Waals surface area contributed by atoms with Gasteiger partial charge in [-0.05, 0) is 31.4 Å².